The molecule has 0 saturated heterocycles. The second-order valence-corrected chi connectivity index (χ2v) is 6.66. The van der Waals surface area contributed by atoms with E-state index < -0.39 is 0 Å². The molecule has 3 heteroatoms. The van der Waals surface area contributed by atoms with Crippen LogP contribution in [0.2, 0.25) is 0 Å². The van der Waals surface area contributed by atoms with Gasteiger partial charge in [0, 0.05) is 11.4 Å². The number of carbonyl (C=O) groups excluding carboxylic acids is 1. The molecule has 1 amide bonds. The van der Waals surface area contributed by atoms with Gasteiger partial charge in [0.1, 0.15) is 0 Å². The van der Waals surface area contributed by atoms with Crippen molar-refractivity contribution in [1.29, 1.82) is 0 Å². The van der Waals surface area contributed by atoms with Gasteiger partial charge >= 0.3 is 0 Å². The third-order valence-electron chi connectivity index (χ3n) is 4.01. The van der Waals surface area contributed by atoms with E-state index in [-0.39, 0.29) is 5.91 Å². The van der Waals surface area contributed by atoms with Crippen LogP contribution in [0.4, 0.5) is 5.69 Å². The quantitative estimate of drug-likeness (QED) is 0.884. The normalized spacial score (nSPS) is 13.5. The van der Waals surface area contributed by atoms with Crippen molar-refractivity contribution >= 4 is 23.4 Å². The molecule has 0 radical (unpaired) electrons. The first-order valence-electron chi connectivity index (χ1n) is 7.85. The van der Waals surface area contributed by atoms with Crippen molar-refractivity contribution in [2.75, 3.05) is 11.1 Å². The lowest BCUT2D eigenvalue weighted by Crippen LogP contribution is -2.17. The van der Waals surface area contributed by atoms with Crippen LogP contribution >= 0.6 is 11.8 Å². The summed E-state index contributed by atoms with van der Waals surface area (Å²) in [5.74, 6) is 1.47. The molecule has 22 heavy (non-hydrogen) atoms. The van der Waals surface area contributed by atoms with Gasteiger partial charge < -0.3 is 5.32 Å². The van der Waals surface area contributed by atoms with Crippen LogP contribution in [0.1, 0.15) is 29.5 Å². The Kier molecular flexibility index (Phi) is 5.17. The minimum atomic E-state index is 0.0971. The van der Waals surface area contributed by atoms with Crippen LogP contribution in [0.5, 0.6) is 0 Å². The first-order chi connectivity index (χ1) is 10.8. The monoisotopic (exact) mass is 311 g/mol. The Morgan fingerprint density at radius 3 is 2.68 bits per heavy atom. The maximum Gasteiger partial charge on any atom is 0.234 e. The SMILES string of the molecule is O=C(CSCc1ccccc1)Nc1cccc2c1CCCC2. The molecular formula is C19H21NOS. The Bertz CT molecular complexity index is 639. The fourth-order valence-corrected chi connectivity index (χ4v) is 3.71. The molecule has 0 heterocycles. The Hall–Kier alpha value is -1.74. The molecule has 0 unspecified atom stereocenters. The molecule has 1 aliphatic carbocycles. The summed E-state index contributed by atoms with van der Waals surface area (Å²) in [5, 5.41) is 3.10. The van der Waals surface area contributed by atoms with Crippen molar-refractivity contribution in [2.24, 2.45) is 0 Å². The van der Waals surface area contributed by atoms with Crippen molar-refractivity contribution in [1.82, 2.24) is 0 Å². The molecule has 114 valence electrons. The van der Waals surface area contributed by atoms with Crippen LogP contribution < -0.4 is 5.32 Å². The number of thioether (sulfide) groups is 1. The summed E-state index contributed by atoms with van der Waals surface area (Å²) in [6, 6.07) is 16.5. The molecule has 0 aliphatic heterocycles. The smallest absolute Gasteiger partial charge is 0.234 e. The molecule has 2 aromatic carbocycles. The van der Waals surface area contributed by atoms with Crippen LogP contribution in [0.25, 0.3) is 0 Å². The van der Waals surface area contributed by atoms with Crippen molar-refractivity contribution in [2.45, 2.75) is 31.4 Å². The summed E-state index contributed by atoms with van der Waals surface area (Å²) in [5.41, 5.74) is 5.02. The average molecular weight is 311 g/mol. The topological polar surface area (TPSA) is 29.1 Å². The van der Waals surface area contributed by atoms with Crippen molar-refractivity contribution < 1.29 is 4.79 Å². The number of rotatable bonds is 5. The van der Waals surface area contributed by atoms with Gasteiger partial charge in [-0.3, -0.25) is 4.79 Å². The van der Waals surface area contributed by atoms with Gasteiger partial charge in [-0.15, -0.1) is 11.8 Å². The second-order valence-electron chi connectivity index (χ2n) is 5.68. The number of hydrogen-bond acceptors (Lipinski definition) is 2. The minimum absolute atomic E-state index is 0.0971. The Morgan fingerprint density at radius 1 is 1.00 bits per heavy atom. The van der Waals surface area contributed by atoms with Gasteiger partial charge in [-0.25, -0.2) is 0 Å². The molecule has 2 aromatic rings. The molecule has 3 rings (SSSR count). The third-order valence-corrected chi connectivity index (χ3v) is 5.02. The van der Waals surface area contributed by atoms with Crippen LogP contribution in [-0.2, 0) is 23.4 Å². The Balaban J connectivity index is 1.54. The van der Waals surface area contributed by atoms with E-state index in [1.54, 1.807) is 11.8 Å². The van der Waals surface area contributed by atoms with Gasteiger partial charge in [-0.05, 0) is 48.4 Å². The highest BCUT2D eigenvalue weighted by atomic mass is 32.2. The van der Waals surface area contributed by atoms with Crippen LogP contribution in [0, 0.1) is 0 Å². The number of nitrogens with one attached hydrogen (secondary N) is 1. The van der Waals surface area contributed by atoms with E-state index in [1.165, 1.54) is 29.5 Å². The zero-order chi connectivity index (χ0) is 15.2. The number of fused-ring (bicyclic) bond motifs is 1. The molecule has 0 fully saturated rings. The highest BCUT2D eigenvalue weighted by Crippen LogP contribution is 2.28. The second kappa shape index (κ2) is 7.50. The summed E-state index contributed by atoms with van der Waals surface area (Å²) in [6.07, 6.45) is 4.71. The fourth-order valence-electron chi connectivity index (χ4n) is 2.92. The van der Waals surface area contributed by atoms with Crippen LogP contribution in [0.3, 0.4) is 0 Å². The lowest BCUT2D eigenvalue weighted by Gasteiger charge is -2.19. The highest BCUT2D eigenvalue weighted by Gasteiger charge is 2.14. The number of carbonyl (C=O) groups is 1. The molecular weight excluding hydrogens is 290 g/mol. The average Bonchev–Trinajstić information content (AvgIpc) is 2.56. The zero-order valence-corrected chi connectivity index (χ0v) is 13.5. The van der Waals surface area contributed by atoms with Gasteiger partial charge in [0.05, 0.1) is 5.75 Å². The van der Waals surface area contributed by atoms with E-state index in [9.17, 15) is 4.79 Å². The number of anilines is 1. The van der Waals surface area contributed by atoms with Crippen molar-refractivity contribution in [3.63, 3.8) is 0 Å². The summed E-state index contributed by atoms with van der Waals surface area (Å²) in [7, 11) is 0. The molecule has 0 aromatic heterocycles. The Morgan fingerprint density at radius 2 is 1.82 bits per heavy atom. The molecule has 0 bridgehead atoms. The Labute approximate surface area is 136 Å². The van der Waals surface area contributed by atoms with E-state index in [4.69, 9.17) is 0 Å². The zero-order valence-electron chi connectivity index (χ0n) is 12.7. The summed E-state index contributed by atoms with van der Waals surface area (Å²) in [4.78, 5) is 12.2. The molecule has 1 aliphatic rings. The molecule has 0 spiro atoms. The number of amides is 1. The highest BCUT2D eigenvalue weighted by molar-refractivity contribution is 7.99. The summed E-state index contributed by atoms with van der Waals surface area (Å²) in [6.45, 7) is 0. The molecule has 0 atom stereocenters. The van der Waals surface area contributed by atoms with Crippen molar-refractivity contribution in [3.8, 4) is 0 Å². The summed E-state index contributed by atoms with van der Waals surface area (Å²) < 4.78 is 0. The van der Waals surface area contributed by atoms with Gasteiger partial charge in [-0.1, -0.05) is 42.5 Å². The molecule has 2 nitrogen and oxygen atoms in total. The minimum Gasteiger partial charge on any atom is -0.325 e. The predicted octanol–water partition coefficient (Wildman–Crippen LogP) is 4.44. The lowest BCUT2D eigenvalue weighted by molar-refractivity contribution is -0.113. The van der Waals surface area contributed by atoms with Gasteiger partial charge in [-0.2, -0.15) is 0 Å². The van der Waals surface area contributed by atoms with Crippen LogP contribution in [-0.4, -0.2) is 11.7 Å². The predicted molar refractivity (Wildman–Crippen MR) is 94.3 cm³/mol. The largest absolute Gasteiger partial charge is 0.325 e. The maximum atomic E-state index is 12.2. The lowest BCUT2D eigenvalue weighted by atomic mass is 9.90. The van der Waals surface area contributed by atoms with Gasteiger partial charge in [0.2, 0.25) is 5.91 Å². The van der Waals surface area contributed by atoms with E-state index in [0.29, 0.717) is 5.75 Å². The maximum absolute atomic E-state index is 12.2. The van der Waals surface area contributed by atoms with E-state index in [2.05, 4.69) is 29.6 Å². The van der Waals surface area contributed by atoms with E-state index >= 15 is 0 Å². The molecule has 1 N–H and O–H groups in total. The first-order valence-corrected chi connectivity index (χ1v) is 9.01. The number of benzene rings is 2. The third kappa shape index (κ3) is 3.92. The van der Waals surface area contributed by atoms with E-state index in [0.717, 1.165) is 24.3 Å². The van der Waals surface area contributed by atoms with Crippen molar-refractivity contribution in [3.05, 3.63) is 65.2 Å². The van der Waals surface area contributed by atoms with Gasteiger partial charge in [0.15, 0.2) is 0 Å². The molecule has 0 saturated carbocycles. The standard InChI is InChI=1S/C19H21NOS/c21-19(14-22-13-15-7-2-1-3-8-15)20-18-12-6-10-16-9-4-5-11-17(16)18/h1-3,6-8,10,12H,4-5,9,11,13-14H2,(H,20,21). The number of aryl methyl sites for hydroxylation is 1. The van der Waals surface area contributed by atoms with E-state index in [1.807, 2.05) is 24.3 Å². The first kappa shape index (κ1) is 15.2. The van der Waals surface area contributed by atoms with Crippen LogP contribution in [0.15, 0.2) is 48.5 Å². The summed E-state index contributed by atoms with van der Waals surface area (Å²) >= 11 is 1.66. The van der Waals surface area contributed by atoms with Gasteiger partial charge in [0.25, 0.3) is 0 Å². The fraction of sp³-hybridized carbons (Fsp3) is 0.316. The number of hydrogen-bond donors (Lipinski definition) is 1.